The van der Waals surface area contributed by atoms with Gasteiger partial charge in [0.05, 0.1) is 19.5 Å². The molecule has 92 valence electrons. The Morgan fingerprint density at radius 3 is 3.12 bits per heavy atom. The van der Waals surface area contributed by atoms with E-state index in [2.05, 4.69) is 26.5 Å². The van der Waals surface area contributed by atoms with E-state index in [4.69, 9.17) is 0 Å². The zero-order valence-corrected chi connectivity index (χ0v) is 10.7. The van der Waals surface area contributed by atoms with Crippen molar-refractivity contribution in [3.8, 4) is 0 Å². The van der Waals surface area contributed by atoms with Crippen molar-refractivity contribution in [2.24, 2.45) is 0 Å². The number of hydrogen-bond donors (Lipinski definition) is 0. The van der Waals surface area contributed by atoms with Gasteiger partial charge in [-0.2, -0.15) is 11.8 Å². The summed E-state index contributed by atoms with van der Waals surface area (Å²) in [5.74, 6) is 2.46. The van der Waals surface area contributed by atoms with Crippen molar-refractivity contribution in [3.05, 3.63) is 18.1 Å². The van der Waals surface area contributed by atoms with Gasteiger partial charge in [-0.1, -0.05) is 0 Å². The molecule has 0 aliphatic carbocycles. The zero-order valence-electron chi connectivity index (χ0n) is 9.92. The van der Waals surface area contributed by atoms with Gasteiger partial charge in [0.1, 0.15) is 5.82 Å². The highest BCUT2D eigenvalue weighted by Gasteiger charge is 2.21. The number of carbonyl (C=O) groups is 1. The Kier molecular flexibility index (Phi) is 3.83. The van der Waals surface area contributed by atoms with Crippen molar-refractivity contribution in [1.29, 1.82) is 0 Å². The molecule has 1 aromatic rings. The lowest BCUT2D eigenvalue weighted by Gasteiger charge is -2.33. The molecule has 1 aromatic heterocycles. The molecule has 1 fully saturated rings. The van der Waals surface area contributed by atoms with Gasteiger partial charge in [0.25, 0.3) is 0 Å². The highest BCUT2D eigenvalue weighted by molar-refractivity contribution is 7.99. The van der Waals surface area contributed by atoms with Gasteiger partial charge in [-0.15, -0.1) is 0 Å². The highest BCUT2D eigenvalue weighted by atomic mass is 32.2. The van der Waals surface area contributed by atoms with Gasteiger partial charge in [0.15, 0.2) is 5.69 Å². The van der Waals surface area contributed by atoms with Crippen LogP contribution in [0.2, 0.25) is 0 Å². The molecule has 0 spiro atoms. The third-order valence-corrected chi connectivity index (χ3v) is 3.87. The molecule has 1 unspecified atom stereocenters. The zero-order chi connectivity index (χ0) is 12.3. The van der Waals surface area contributed by atoms with Gasteiger partial charge >= 0.3 is 5.97 Å². The van der Waals surface area contributed by atoms with Crippen LogP contribution in [0.3, 0.4) is 0 Å². The molecular weight excluding hydrogens is 238 g/mol. The Hall–Kier alpha value is -1.30. The molecule has 5 nitrogen and oxygen atoms in total. The second kappa shape index (κ2) is 5.35. The molecule has 0 N–H and O–H groups in total. The monoisotopic (exact) mass is 253 g/mol. The van der Waals surface area contributed by atoms with Crippen LogP contribution >= 0.6 is 11.8 Å². The first-order valence-electron chi connectivity index (χ1n) is 5.47. The number of rotatable bonds is 2. The Balaban J connectivity index is 2.23. The van der Waals surface area contributed by atoms with Crippen molar-refractivity contribution in [2.45, 2.75) is 13.0 Å². The van der Waals surface area contributed by atoms with Crippen molar-refractivity contribution < 1.29 is 9.53 Å². The summed E-state index contributed by atoms with van der Waals surface area (Å²) in [6.45, 7) is 3.09. The van der Waals surface area contributed by atoms with Gasteiger partial charge in [-0.3, -0.25) is 4.98 Å². The van der Waals surface area contributed by atoms with E-state index in [0.717, 1.165) is 23.9 Å². The van der Waals surface area contributed by atoms with Crippen LogP contribution < -0.4 is 4.90 Å². The number of nitrogens with zero attached hydrogens (tertiary/aromatic N) is 3. The van der Waals surface area contributed by atoms with Crippen molar-refractivity contribution >= 4 is 23.5 Å². The maximum absolute atomic E-state index is 11.4. The van der Waals surface area contributed by atoms with Crippen molar-refractivity contribution in [1.82, 2.24) is 9.97 Å². The van der Waals surface area contributed by atoms with Crippen LogP contribution in [0.25, 0.3) is 0 Å². The fourth-order valence-electron chi connectivity index (χ4n) is 1.76. The Morgan fingerprint density at radius 1 is 1.59 bits per heavy atom. The standard InChI is InChI=1S/C11H15N3O2S/c1-8-7-17-4-3-14(8)10-6-12-5-9(13-10)11(15)16-2/h5-6,8H,3-4,7H2,1-2H3. The number of thioether (sulfide) groups is 1. The molecule has 0 radical (unpaired) electrons. The first-order chi connectivity index (χ1) is 8.22. The molecule has 0 bridgehead atoms. The summed E-state index contributed by atoms with van der Waals surface area (Å²) in [6, 6.07) is 0.413. The van der Waals surface area contributed by atoms with E-state index in [-0.39, 0.29) is 5.69 Å². The number of methoxy groups -OCH3 is 1. The summed E-state index contributed by atoms with van der Waals surface area (Å²) in [6.07, 6.45) is 3.12. The van der Waals surface area contributed by atoms with Gasteiger partial charge in [-0.05, 0) is 6.92 Å². The van der Waals surface area contributed by atoms with Gasteiger partial charge in [0, 0.05) is 24.1 Å². The van der Waals surface area contributed by atoms with Crippen LogP contribution in [0.1, 0.15) is 17.4 Å². The fourth-order valence-corrected chi connectivity index (χ4v) is 2.78. The molecular formula is C11H15N3O2S. The topological polar surface area (TPSA) is 55.3 Å². The van der Waals surface area contributed by atoms with E-state index in [1.165, 1.54) is 13.3 Å². The maximum atomic E-state index is 11.4. The maximum Gasteiger partial charge on any atom is 0.358 e. The second-order valence-electron chi connectivity index (χ2n) is 3.87. The molecule has 0 aromatic carbocycles. The summed E-state index contributed by atoms with van der Waals surface area (Å²) in [7, 11) is 1.34. The van der Waals surface area contributed by atoms with Crippen LogP contribution in [0.4, 0.5) is 5.82 Å². The minimum Gasteiger partial charge on any atom is -0.464 e. The predicted molar refractivity (Wildman–Crippen MR) is 67.5 cm³/mol. The first kappa shape index (κ1) is 12.2. The molecule has 2 rings (SSSR count). The van der Waals surface area contributed by atoms with Crippen LogP contribution in [0.5, 0.6) is 0 Å². The minimum atomic E-state index is -0.446. The minimum absolute atomic E-state index is 0.260. The van der Waals surface area contributed by atoms with E-state index in [1.54, 1.807) is 6.20 Å². The first-order valence-corrected chi connectivity index (χ1v) is 6.62. The quantitative estimate of drug-likeness (QED) is 0.738. The number of ether oxygens (including phenoxy) is 1. The Morgan fingerprint density at radius 2 is 2.41 bits per heavy atom. The molecule has 1 aliphatic rings. The fraction of sp³-hybridized carbons (Fsp3) is 0.545. The van der Waals surface area contributed by atoms with Gasteiger partial charge < -0.3 is 9.64 Å². The number of aromatic nitrogens is 2. The highest BCUT2D eigenvalue weighted by Crippen LogP contribution is 2.21. The third-order valence-electron chi connectivity index (χ3n) is 2.68. The molecule has 1 atom stereocenters. The third kappa shape index (κ3) is 2.69. The SMILES string of the molecule is COC(=O)c1cncc(N2CCSCC2C)n1. The summed E-state index contributed by atoms with van der Waals surface area (Å²) in [5.41, 5.74) is 0.260. The second-order valence-corrected chi connectivity index (χ2v) is 5.02. The lowest BCUT2D eigenvalue weighted by Crippen LogP contribution is -2.41. The summed E-state index contributed by atoms with van der Waals surface area (Å²) in [4.78, 5) is 21.9. The van der Waals surface area contributed by atoms with E-state index >= 15 is 0 Å². The van der Waals surface area contributed by atoms with Crippen LogP contribution in [0.15, 0.2) is 12.4 Å². The van der Waals surface area contributed by atoms with Crippen LogP contribution in [-0.2, 0) is 4.74 Å². The average molecular weight is 253 g/mol. The Bertz CT molecular complexity index is 413. The molecule has 1 saturated heterocycles. The molecule has 0 amide bonds. The summed E-state index contributed by atoms with van der Waals surface area (Å²) in [5, 5.41) is 0. The van der Waals surface area contributed by atoms with E-state index in [9.17, 15) is 4.79 Å². The lowest BCUT2D eigenvalue weighted by molar-refractivity contribution is 0.0593. The largest absolute Gasteiger partial charge is 0.464 e. The molecule has 1 aliphatic heterocycles. The van der Waals surface area contributed by atoms with Crippen LogP contribution in [0, 0.1) is 0 Å². The van der Waals surface area contributed by atoms with Crippen molar-refractivity contribution in [3.63, 3.8) is 0 Å². The lowest BCUT2D eigenvalue weighted by atomic mass is 10.3. The number of anilines is 1. The normalized spacial score (nSPS) is 20.1. The molecule has 0 saturated carbocycles. The number of carbonyl (C=O) groups excluding carboxylic acids is 1. The van der Waals surface area contributed by atoms with E-state index < -0.39 is 5.97 Å². The number of esters is 1. The predicted octanol–water partition coefficient (Wildman–Crippen LogP) is 1.20. The van der Waals surface area contributed by atoms with Gasteiger partial charge in [-0.25, -0.2) is 9.78 Å². The molecule has 6 heteroatoms. The molecule has 17 heavy (non-hydrogen) atoms. The average Bonchev–Trinajstić information content (AvgIpc) is 2.38. The van der Waals surface area contributed by atoms with Gasteiger partial charge in [0.2, 0.25) is 0 Å². The molecule has 2 heterocycles. The summed E-state index contributed by atoms with van der Waals surface area (Å²) >= 11 is 1.93. The van der Waals surface area contributed by atoms with Crippen molar-refractivity contribution in [2.75, 3.05) is 30.1 Å². The van der Waals surface area contributed by atoms with E-state index in [0.29, 0.717) is 6.04 Å². The number of hydrogen-bond acceptors (Lipinski definition) is 6. The van der Waals surface area contributed by atoms with Crippen LogP contribution in [-0.4, -0.2) is 47.1 Å². The Labute approximate surface area is 105 Å². The van der Waals surface area contributed by atoms with E-state index in [1.807, 2.05) is 11.8 Å². The smallest absolute Gasteiger partial charge is 0.358 e. The summed E-state index contributed by atoms with van der Waals surface area (Å²) < 4.78 is 4.64.